The van der Waals surface area contributed by atoms with E-state index >= 15 is 0 Å². The molecule has 1 heterocycles. The molecule has 0 spiro atoms. The van der Waals surface area contributed by atoms with Gasteiger partial charge in [0.2, 0.25) is 10.0 Å². The van der Waals surface area contributed by atoms with E-state index in [1.807, 2.05) is 56.0 Å². The second kappa shape index (κ2) is 7.58. The van der Waals surface area contributed by atoms with Gasteiger partial charge in [0.25, 0.3) is 0 Å². The van der Waals surface area contributed by atoms with E-state index in [1.54, 1.807) is 12.1 Å². The number of hydrogen-bond acceptors (Lipinski definition) is 5. The van der Waals surface area contributed by atoms with Crippen LogP contribution in [0.4, 0.5) is 0 Å². The van der Waals surface area contributed by atoms with Gasteiger partial charge in [0.15, 0.2) is 0 Å². The lowest BCUT2D eigenvalue weighted by Crippen LogP contribution is -2.50. The van der Waals surface area contributed by atoms with Crippen LogP contribution < -0.4 is 0 Å². The summed E-state index contributed by atoms with van der Waals surface area (Å²) in [6.45, 7) is 7.41. The number of carbonyl (C=O) groups excluding carboxylic acids is 1. The standard InChI is InChI=1S/C20H26N2O4S/c1-20(2,3)26-19(23)15-21-10-12-22(13-11-21)27(24,25)18-9-8-16-6-4-5-7-17(16)14-18/h4-9,14H,10-13,15H2,1-3H3. The van der Waals surface area contributed by atoms with Crippen LogP contribution >= 0.6 is 0 Å². The highest BCUT2D eigenvalue weighted by Crippen LogP contribution is 2.23. The third-order valence-electron chi connectivity index (χ3n) is 4.46. The molecule has 2 aromatic carbocycles. The van der Waals surface area contributed by atoms with Crippen molar-refractivity contribution in [3.8, 4) is 0 Å². The van der Waals surface area contributed by atoms with Crippen LogP contribution in [-0.4, -0.2) is 61.9 Å². The average molecular weight is 391 g/mol. The molecule has 0 saturated carbocycles. The summed E-state index contributed by atoms with van der Waals surface area (Å²) < 4.78 is 32.7. The van der Waals surface area contributed by atoms with E-state index in [1.165, 1.54) is 4.31 Å². The molecule has 146 valence electrons. The Labute approximate surface area is 160 Å². The topological polar surface area (TPSA) is 66.9 Å². The molecule has 1 aliphatic rings. The fourth-order valence-corrected chi connectivity index (χ4v) is 4.62. The first-order valence-electron chi connectivity index (χ1n) is 9.08. The maximum absolute atomic E-state index is 13.0. The molecule has 3 rings (SSSR count). The van der Waals surface area contributed by atoms with E-state index in [9.17, 15) is 13.2 Å². The summed E-state index contributed by atoms with van der Waals surface area (Å²) in [4.78, 5) is 14.2. The monoisotopic (exact) mass is 390 g/mol. The number of rotatable bonds is 4. The Kier molecular flexibility index (Phi) is 5.55. The van der Waals surface area contributed by atoms with Crippen molar-refractivity contribution in [2.45, 2.75) is 31.3 Å². The molecule has 0 unspecified atom stereocenters. The number of hydrogen-bond donors (Lipinski definition) is 0. The van der Waals surface area contributed by atoms with E-state index in [0.717, 1.165) is 10.8 Å². The minimum atomic E-state index is -3.54. The molecule has 2 aromatic rings. The van der Waals surface area contributed by atoms with E-state index < -0.39 is 15.6 Å². The lowest BCUT2D eigenvalue weighted by molar-refractivity contribution is -0.156. The van der Waals surface area contributed by atoms with E-state index in [4.69, 9.17) is 4.74 Å². The van der Waals surface area contributed by atoms with Gasteiger partial charge in [0.05, 0.1) is 11.4 Å². The number of carbonyl (C=O) groups is 1. The molecule has 7 heteroatoms. The maximum atomic E-state index is 13.0. The predicted octanol–water partition coefficient (Wildman–Crippen LogP) is 2.49. The van der Waals surface area contributed by atoms with E-state index in [0.29, 0.717) is 31.1 Å². The van der Waals surface area contributed by atoms with Crippen LogP contribution in [0.3, 0.4) is 0 Å². The van der Waals surface area contributed by atoms with Crippen molar-refractivity contribution in [1.82, 2.24) is 9.21 Å². The maximum Gasteiger partial charge on any atom is 0.320 e. The number of benzene rings is 2. The summed E-state index contributed by atoms with van der Waals surface area (Å²) in [5, 5.41) is 1.92. The molecule has 0 atom stereocenters. The van der Waals surface area contributed by atoms with Crippen LogP contribution in [-0.2, 0) is 19.6 Å². The molecule has 0 aliphatic carbocycles. The zero-order valence-electron chi connectivity index (χ0n) is 16.0. The van der Waals surface area contributed by atoms with Gasteiger partial charge in [-0.05, 0) is 43.7 Å². The molecule has 1 saturated heterocycles. The Hall–Kier alpha value is -1.96. The molecule has 27 heavy (non-hydrogen) atoms. The molecular formula is C20H26N2O4S. The lowest BCUT2D eigenvalue weighted by Gasteiger charge is -2.33. The molecule has 1 aliphatic heterocycles. The van der Waals surface area contributed by atoms with Crippen molar-refractivity contribution in [3.05, 3.63) is 42.5 Å². The minimum Gasteiger partial charge on any atom is -0.459 e. The molecule has 0 amide bonds. The highest BCUT2D eigenvalue weighted by Gasteiger charge is 2.30. The normalized spacial score (nSPS) is 17.1. The predicted molar refractivity (Wildman–Crippen MR) is 105 cm³/mol. The molecule has 0 radical (unpaired) electrons. The fraction of sp³-hybridized carbons (Fsp3) is 0.450. The van der Waals surface area contributed by atoms with Crippen LogP contribution in [0, 0.1) is 0 Å². The Morgan fingerprint density at radius 2 is 1.63 bits per heavy atom. The quantitative estimate of drug-likeness (QED) is 0.751. The highest BCUT2D eigenvalue weighted by atomic mass is 32.2. The number of nitrogens with zero attached hydrogens (tertiary/aromatic N) is 2. The van der Waals surface area contributed by atoms with E-state index in [2.05, 4.69) is 0 Å². The molecule has 6 nitrogen and oxygen atoms in total. The smallest absolute Gasteiger partial charge is 0.320 e. The van der Waals surface area contributed by atoms with Gasteiger partial charge in [-0.1, -0.05) is 30.3 Å². The number of esters is 1. The van der Waals surface area contributed by atoms with Crippen LogP contribution in [0.2, 0.25) is 0 Å². The first-order valence-corrected chi connectivity index (χ1v) is 10.5. The lowest BCUT2D eigenvalue weighted by atomic mass is 10.1. The zero-order chi connectivity index (χ0) is 19.7. The van der Waals surface area contributed by atoms with Crippen molar-refractivity contribution in [3.63, 3.8) is 0 Å². The van der Waals surface area contributed by atoms with Gasteiger partial charge in [-0.3, -0.25) is 9.69 Å². The van der Waals surface area contributed by atoms with Crippen molar-refractivity contribution >= 4 is 26.8 Å². The van der Waals surface area contributed by atoms with Crippen LogP contribution in [0.25, 0.3) is 10.8 Å². The SMILES string of the molecule is CC(C)(C)OC(=O)CN1CCN(S(=O)(=O)c2ccc3ccccc3c2)CC1. The average Bonchev–Trinajstić information content (AvgIpc) is 2.60. The number of ether oxygens (including phenoxy) is 1. The molecule has 0 aromatic heterocycles. The largest absolute Gasteiger partial charge is 0.459 e. The second-order valence-electron chi connectivity index (χ2n) is 7.78. The van der Waals surface area contributed by atoms with Crippen LogP contribution in [0.15, 0.2) is 47.4 Å². The summed E-state index contributed by atoms with van der Waals surface area (Å²) >= 11 is 0. The third kappa shape index (κ3) is 4.86. The fourth-order valence-electron chi connectivity index (χ4n) is 3.16. The Morgan fingerprint density at radius 3 is 2.26 bits per heavy atom. The summed E-state index contributed by atoms with van der Waals surface area (Å²) in [6.07, 6.45) is 0. The highest BCUT2D eigenvalue weighted by molar-refractivity contribution is 7.89. The van der Waals surface area contributed by atoms with Crippen LogP contribution in [0.1, 0.15) is 20.8 Å². The second-order valence-corrected chi connectivity index (χ2v) is 9.71. The molecule has 1 fully saturated rings. The molecule has 0 bridgehead atoms. The Balaban J connectivity index is 1.64. The van der Waals surface area contributed by atoms with Gasteiger partial charge in [-0.15, -0.1) is 0 Å². The van der Waals surface area contributed by atoms with Crippen molar-refractivity contribution in [2.75, 3.05) is 32.7 Å². The van der Waals surface area contributed by atoms with Gasteiger partial charge >= 0.3 is 5.97 Å². The van der Waals surface area contributed by atoms with Crippen molar-refractivity contribution in [2.24, 2.45) is 0 Å². The Bertz CT molecular complexity index is 926. The van der Waals surface area contributed by atoms with Gasteiger partial charge < -0.3 is 4.74 Å². The first kappa shape index (κ1) is 19.8. The van der Waals surface area contributed by atoms with Gasteiger partial charge in [0.1, 0.15) is 5.60 Å². The molecule has 0 N–H and O–H groups in total. The number of sulfonamides is 1. The number of piperazine rings is 1. The van der Waals surface area contributed by atoms with E-state index in [-0.39, 0.29) is 12.5 Å². The van der Waals surface area contributed by atoms with Gasteiger partial charge in [-0.25, -0.2) is 8.42 Å². The van der Waals surface area contributed by atoms with Crippen molar-refractivity contribution in [1.29, 1.82) is 0 Å². The molecular weight excluding hydrogens is 364 g/mol. The number of fused-ring (bicyclic) bond motifs is 1. The summed E-state index contributed by atoms with van der Waals surface area (Å²) in [6, 6.07) is 12.9. The minimum absolute atomic E-state index is 0.182. The Morgan fingerprint density at radius 1 is 1.00 bits per heavy atom. The van der Waals surface area contributed by atoms with Crippen molar-refractivity contribution < 1.29 is 17.9 Å². The summed E-state index contributed by atoms with van der Waals surface area (Å²) in [7, 11) is -3.54. The summed E-state index contributed by atoms with van der Waals surface area (Å²) in [5.74, 6) is -0.284. The van der Waals surface area contributed by atoms with Crippen LogP contribution in [0.5, 0.6) is 0 Å². The summed E-state index contributed by atoms with van der Waals surface area (Å²) in [5.41, 5.74) is -0.516. The zero-order valence-corrected chi connectivity index (χ0v) is 16.8. The van der Waals surface area contributed by atoms with Gasteiger partial charge in [0, 0.05) is 26.2 Å². The first-order chi connectivity index (χ1) is 12.6. The third-order valence-corrected chi connectivity index (χ3v) is 6.36. The van der Waals surface area contributed by atoms with Gasteiger partial charge in [-0.2, -0.15) is 4.31 Å².